The summed E-state index contributed by atoms with van der Waals surface area (Å²) in [5.41, 5.74) is 6.03. The van der Waals surface area contributed by atoms with E-state index in [2.05, 4.69) is 17.0 Å². The Morgan fingerprint density at radius 2 is 1.78 bits per heavy atom. The van der Waals surface area contributed by atoms with E-state index >= 15 is 0 Å². The lowest BCUT2D eigenvalue weighted by molar-refractivity contribution is -0.119. The summed E-state index contributed by atoms with van der Waals surface area (Å²) >= 11 is 0. The number of anilines is 1. The van der Waals surface area contributed by atoms with Gasteiger partial charge in [0, 0.05) is 24.4 Å². The van der Waals surface area contributed by atoms with Gasteiger partial charge in [0.1, 0.15) is 5.75 Å². The highest BCUT2D eigenvalue weighted by atomic mass is 16.6. The molecule has 2 heterocycles. The molecule has 7 heteroatoms. The van der Waals surface area contributed by atoms with Gasteiger partial charge in [0.05, 0.1) is 38.7 Å². The number of morpholine rings is 1. The second-order valence-electron chi connectivity index (χ2n) is 9.13. The molecule has 0 aliphatic carbocycles. The Bertz CT molecular complexity index is 1020. The summed E-state index contributed by atoms with van der Waals surface area (Å²) in [5.74, 6) is 0.711. The van der Waals surface area contributed by atoms with Crippen LogP contribution >= 0.6 is 0 Å². The number of methoxy groups -OCH3 is 1. The van der Waals surface area contributed by atoms with Crippen molar-refractivity contribution in [3.8, 4) is 5.75 Å². The minimum Gasteiger partial charge on any atom is -0.497 e. The van der Waals surface area contributed by atoms with Crippen LogP contribution in [0.1, 0.15) is 37.3 Å². The van der Waals surface area contributed by atoms with Gasteiger partial charge < -0.3 is 9.47 Å². The van der Waals surface area contributed by atoms with Crippen molar-refractivity contribution in [1.29, 1.82) is 0 Å². The molecule has 2 fully saturated rings. The van der Waals surface area contributed by atoms with Gasteiger partial charge in [-0.1, -0.05) is 49.8 Å². The lowest BCUT2D eigenvalue weighted by Crippen LogP contribution is -2.49. The number of amides is 1. The fourth-order valence-corrected chi connectivity index (χ4v) is 4.61. The smallest absolute Gasteiger partial charge is 0.257 e. The zero-order chi connectivity index (χ0) is 25.2. The van der Waals surface area contributed by atoms with Crippen molar-refractivity contribution in [2.75, 3.05) is 51.5 Å². The van der Waals surface area contributed by atoms with E-state index in [4.69, 9.17) is 14.3 Å². The molecule has 1 N–H and O–H groups in total. The summed E-state index contributed by atoms with van der Waals surface area (Å²) in [6.07, 6.45) is 6.31. The van der Waals surface area contributed by atoms with E-state index in [1.165, 1.54) is 12.8 Å². The third kappa shape index (κ3) is 6.75. The molecular weight excluding hydrogens is 454 g/mol. The van der Waals surface area contributed by atoms with Crippen LogP contribution in [-0.2, 0) is 14.4 Å². The van der Waals surface area contributed by atoms with Gasteiger partial charge in [-0.25, -0.2) is 0 Å². The fraction of sp³-hybridized carbons (Fsp3) is 0.414. The van der Waals surface area contributed by atoms with Crippen molar-refractivity contribution in [2.24, 2.45) is 0 Å². The molecule has 2 saturated heterocycles. The molecule has 0 bridgehead atoms. The molecule has 1 amide bonds. The Morgan fingerprint density at radius 1 is 1.06 bits per heavy atom. The number of ether oxygens (including phenoxy) is 2. The fourth-order valence-electron chi connectivity index (χ4n) is 4.61. The number of rotatable bonds is 13. The zero-order valence-corrected chi connectivity index (χ0v) is 21.2. The van der Waals surface area contributed by atoms with E-state index in [1.807, 2.05) is 54.6 Å². The average Bonchev–Trinajstić information content (AvgIpc) is 2.93. The lowest BCUT2D eigenvalue weighted by Gasteiger charge is -2.43. The molecule has 36 heavy (non-hydrogen) atoms. The molecule has 2 aromatic rings. The summed E-state index contributed by atoms with van der Waals surface area (Å²) < 4.78 is 10.6. The first-order chi connectivity index (χ1) is 17.7. The van der Waals surface area contributed by atoms with Crippen molar-refractivity contribution < 1.29 is 19.1 Å². The number of unbranched alkanes of at least 4 members (excludes halogenated alkanes) is 3. The van der Waals surface area contributed by atoms with Crippen LogP contribution < -0.4 is 15.1 Å². The van der Waals surface area contributed by atoms with Gasteiger partial charge in [0.15, 0.2) is 0 Å². The topological polar surface area (TPSA) is 63.3 Å². The maximum atomic E-state index is 13.1. The number of carbonyl (C=O) groups is 1. The number of β-lactam (4-membered cyclic amide) rings is 1. The number of allylic oxidation sites excluding steroid dienone is 1. The Morgan fingerprint density at radius 3 is 2.50 bits per heavy atom. The maximum Gasteiger partial charge on any atom is 0.257 e. The predicted octanol–water partition coefficient (Wildman–Crippen LogP) is 4.64. The van der Waals surface area contributed by atoms with Gasteiger partial charge in [-0.2, -0.15) is 0 Å². The Kier molecular flexibility index (Phi) is 9.55. The molecule has 0 radical (unpaired) electrons. The minimum atomic E-state index is -0.183. The van der Waals surface area contributed by atoms with Gasteiger partial charge in [-0.15, -0.1) is 0 Å². The highest BCUT2D eigenvalue weighted by Crippen LogP contribution is 2.43. The van der Waals surface area contributed by atoms with Crippen molar-refractivity contribution in [3.63, 3.8) is 0 Å². The third-order valence-corrected chi connectivity index (χ3v) is 6.59. The van der Waals surface area contributed by atoms with E-state index in [0.29, 0.717) is 17.9 Å². The first kappa shape index (κ1) is 25.9. The molecule has 0 spiro atoms. The summed E-state index contributed by atoms with van der Waals surface area (Å²) in [6.45, 7) is 9.62. The van der Waals surface area contributed by atoms with Gasteiger partial charge >= 0.3 is 0 Å². The molecule has 2 aromatic carbocycles. The number of hydroxylamine groups is 1. The molecule has 0 aromatic heterocycles. The standard InChI is InChI=1S/C29H37N3O4/c1-23(30-36-19-9-4-3-8-16-31-17-20-35-21-18-31)22-27-28(24-10-6-5-7-11-24)32(29(27)33)25-12-14-26(34-2)15-13-25/h5-7,10-15,22,28,30H,1,3-4,8-9,16-21H2,2H3. The molecule has 7 nitrogen and oxygen atoms in total. The number of carbonyl (C=O) groups excluding carboxylic acids is 1. The van der Waals surface area contributed by atoms with Gasteiger partial charge in [0.2, 0.25) is 0 Å². The van der Waals surface area contributed by atoms with E-state index in [9.17, 15) is 4.79 Å². The van der Waals surface area contributed by atoms with Crippen LogP contribution in [0.15, 0.2) is 78.5 Å². The largest absolute Gasteiger partial charge is 0.497 e. The van der Waals surface area contributed by atoms with Crippen LogP contribution in [0, 0.1) is 0 Å². The summed E-state index contributed by atoms with van der Waals surface area (Å²) in [4.78, 5) is 23.0. The van der Waals surface area contributed by atoms with Gasteiger partial charge in [0.25, 0.3) is 5.91 Å². The molecule has 1 unspecified atom stereocenters. The molecule has 4 rings (SSSR count). The highest BCUT2D eigenvalue weighted by Gasteiger charge is 2.43. The van der Waals surface area contributed by atoms with Gasteiger partial charge in [-0.05, 0) is 55.3 Å². The van der Waals surface area contributed by atoms with Crippen LogP contribution in [-0.4, -0.2) is 57.4 Å². The van der Waals surface area contributed by atoms with Crippen LogP contribution in [0.25, 0.3) is 0 Å². The van der Waals surface area contributed by atoms with Crippen molar-refractivity contribution in [2.45, 2.75) is 31.7 Å². The summed E-state index contributed by atoms with van der Waals surface area (Å²) in [6, 6.07) is 17.4. The number of benzene rings is 2. The number of hydrogen-bond acceptors (Lipinski definition) is 6. The van der Waals surface area contributed by atoms with Crippen LogP contribution in [0.5, 0.6) is 5.75 Å². The van der Waals surface area contributed by atoms with E-state index in [-0.39, 0.29) is 11.9 Å². The first-order valence-corrected chi connectivity index (χ1v) is 12.8. The summed E-state index contributed by atoms with van der Waals surface area (Å²) in [7, 11) is 1.63. The van der Waals surface area contributed by atoms with Crippen molar-refractivity contribution in [1.82, 2.24) is 10.4 Å². The van der Waals surface area contributed by atoms with Crippen LogP contribution in [0.2, 0.25) is 0 Å². The number of nitrogens with zero attached hydrogens (tertiary/aromatic N) is 2. The minimum absolute atomic E-state index is 0.0442. The van der Waals surface area contributed by atoms with Crippen molar-refractivity contribution in [3.05, 3.63) is 84.1 Å². The van der Waals surface area contributed by atoms with Crippen LogP contribution in [0.4, 0.5) is 5.69 Å². The Balaban J connectivity index is 1.25. The normalized spacial score (nSPS) is 19.2. The van der Waals surface area contributed by atoms with E-state index in [0.717, 1.165) is 62.7 Å². The molecule has 192 valence electrons. The quantitative estimate of drug-likeness (QED) is 0.191. The third-order valence-electron chi connectivity index (χ3n) is 6.59. The Hall–Kier alpha value is -3.13. The second-order valence-corrected chi connectivity index (χ2v) is 9.13. The lowest BCUT2D eigenvalue weighted by atomic mass is 9.86. The first-order valence-electron chi connectivity index (χ1n) is 12.8. The summed E-state index contributed by atoms with van der Waals surface area (Å²) in [5, 5.41) is 0. The SMILES string of the molecule is C=C(C=C1C(=O)N(c2ccc(OC)cc2)C1c1ccccc1)NOCCCCCCN1CCOCC1. The maximum absolute atomic E-state index is 13.1. The second kappa shape index (κ2) is 13.3. The van der Waals surface area contributed by atoms with Gasteiger partial charge in [-0.3, -0.25) is 24.9 Å². The molecule has 2 aliphatic rings. The molecule has 1 atom stereocenters. The zero-order valence-electron chi connectivity index (χ0n) is 21.2. The molecule has 2 aliphatic heterocycles. The molecule has 0 saturated carbocycles. The monoisotopic (exact) mass is 491 g/mol. The Labute approximate surface area is 214 Å². The molecular formula is C29H37N3O4. The number of nitrogens with one attached hydrogen (secondary N) is 1. The highest BCUT2D eigenvalue weighted by molar-refractivity contribution is 6.15. The van der Waals surface area contributed by atoms with E-state index < -0.39 is 0 Å². The van der Waals surface area contributed by atoms with Crippen molar-refractivity contribution >= 4 is 11.6 Å². The number of hydrogen-bond donors (Lipinski definition) is 1. The average molecular weight is 492 g/mol. The predicted molar refractivity (Wildman–Crippen MR) is 142 cm³/mol. The van der Waals surface area contributed by atoms with E-state index in [1.54, 1.807) is 18.1 Å². The van der Waals surface area contributed by atoms with Crippen LogP contribution in [0.3, 0.4) is 0 Å².